The second-order valence-electron chi connectivity index (χ2n) is 6.10. The van der Waals surface area contributed by atoms with Crippen LogP contribution in [0.4, 0.5) is 0 Å². The van der Waals surface area contributed by atoms with Crippen molar-refractivity contribution < 1.29 is 4.79 Å². The number of aromatic nitrogens is 2. The van der Waals surface area contributed by atoms with Gasteiger partial charge in [0.05, 0.1) is 10.8 Å². The molecule has 0 fully saturated rings. The highest BCUT2D eigenvalue weighted by molar-refractivity contribution is 7.15. The van der Waals surface area contributed by atoms with Gasteiger partial charge in [0.25, 0.3) is 0 Å². The van der Waals surface area contributed by atoms with Crippen LogP contribution in [0.1, 0.15) is 31.2 Å². The molecule has 1 amide bonds. The molecule has 0 spiro atoms. The van der Waals surface area contributed by atoms with Gasteiger partial charge in [0.1, 0.15) is 10.5 Å². The highest BCUT2D eigenvalue weighted by Gasteiger charge is 2.44. The van der Waals surface area contributed by atoms with Crippen LogP contribution in [0.25, 0.3) is 10.6 Å². The Balaban J connectivity index is 2.02. The van der Waals surface area contributed by atoms with Crippen LogP contribution in [0.15, 0.2) is 29.6 Å². The van der Waals surface area contributed by atoms with Gasteiger partial charge in [-0.25, -0.2) is 9.98 Å². The van der Waals surface area contributed by atoms with E-state index in [4.69, 9.17) is 5.73 Å². The maximum absolute atomic E-state index is 12.4. The van der Waals surface area contributed by atoms with Gasteiger partial charge in [-0.15, -0.1) is 17.3 Å². The van der Waals surface area contributed by atoms with Gasteiger partial charge in [0.15, 0.2) is 5.96 Å². The van der Waals surface area contributed by atoms with Crippen molar-refractivity contribution in [3.05, 3.63) is 35.1 Å². The molecule has 2 atom stereocenters. The summed E-state index contributed by atoms with van der Waals surface area (Å²) in [5.74, 6) is 5.71. The van der Waals surface area contributed by atoms with Crippen molar-refractivity contribution in [3.8, 4) is 22.4 Å². The average molecular weight is 353 g/mol. The van der Waals surface area contributed by atoms with E-state index in [1.807, 2.05) is 19.9 Å². The van der Waals surface area contributed by atoms with Gasteiger partial charge in [-0.1, -0.05) is 12.8 Å². The molecule has 0 radical (unpaired) electrons. The number of pyridine rings is 1. The normalized spacial score (nSPS) is 23.0. The largest absolute Gasteiger partial charge is 0.369 e. The van der Waals surface area contributed by atoms with Gasteiger partial charge in [0, 0.05) is 36.8 Å². The van der Waals surface area contributed by atoms with Crippen molar-refractivity contribution in [2.75, 3.05) is 7.05 Å². The van der Waals surface area contributed by atoms with E-state index in [0.29, 0.717) is 0 Å². The van der Waals surface area contributed by atoms with Crippen LogP contribution >= 0.6 is 11.3 Å². The molecule has 1 aliphatic rings. The lowest BCUT2D eigenvalue weighted by atomic mass is 9.84. The first kappa shape index (κ1) is 17.1. The standard InChI is InChI=1S/C18H19N5OS/c1-5-6-12-7-13(9-20-8-12)15-21-10-14(25-15)18(3)11(2)16(24)23(4)17(19)22-18/h7-11H,1-4H3,(H2,19,22)/t11?,18-/m0/s1. The van der Waals surface area contributed by atoms with Crippen molar-refractivity contribution in [3.63, 3.8) is 0 Å². The summed E-state index contributed by atoms with van der Waals surface area (Å²) in [7, 11) is 1.64. The van der Waals surface area contributed by atoms with Crippen LogP contribution in [-0.2, 0) is 10.3 Å². The van der Waals surface area contributed by atoms with E-state index >= 15 is 0 Å². The van der Waals surface area contributed by atoms with Crippen molar-refractivity contribution >= 4 is 23.2 Å². The van der Waals surface area contributed by atoms with Crippen LogP contribution < -0.4 is 5.73 Å². The second kappa shape index (κ2) is 6.30. The van der Waals surface area contributed by atoms with E-state index in [9.17, 15) is 4.79 Å². The summed E-state index contributed by atoms with van der Waals surface area (Å²) in [5.41, 5.74) is 6.94. The molecular formula is C18H19N5OS. The number of guanidine groups is 1. The van der Waals surface area contributed by atoms with Crippen molar-refractivity contribution in [1.82, 2.24) is 14.9 Å². The molecule has 2 N–H and O–H groups in total. The molecule has 0 saturated carbocycles. The predicted molar refractivity (Wildman–Crippen MR) is 98.8 cm³/mol. The minimum absolute atomic E-state index is 0.0492. The summed E-state index contributed by atoms with van der Waals surface area (Å²) >= 11 is 1.49. The van der Waals surface area contributed by atoms with Gasteiger partial charge in [-0.2, -0.15) is 0 Å². The quantitative estimate of drug-likeness (QED) is 0.839. The molecule has 6 nitrogen and oxygen atoms in total. The molecule has 3 rings (SSSR count). The van der Waals surface area contributed by atoms with E-state index in [0.717, 1.165) is 21.0 Å². The zero-order chi connectivity index (χ0) is 18.2. The minimum atomic E-state index is -0.724. The molecule has 7 heteroatoms. The first-order valence-corrected chi connectivity index (χ1v) is 8.66. The van der Waals surface area contributed by atoms with Gasteiger partial charge in [-0.3, -0.25) is 14.7 Å². The molecule has 1 unspecified atom stereocenters. The molecule has 3 heterocycles. The fourth-order valence-corrected chi connectivity index (χ4v) is 3.81. The number of aliphatic imine (C=N–C) groups is 1. The number of nitrogens with zero attached hydrogens (tertiary/aromatic N) is 4. The predicted octanol–water partition coefficient (Wildman–Crippen LogP) is 2.21. The van der Waals surface area contributed by atoms with Crippen LogP contribution in [0.2, 0.25) is 0 Å². The van der Waals surface area contributed by atoms with Gasteiger partial charge >= 0.3 is 0 Å². The Hall–Kier alpha value is -2.72. The van der Waals surface area contributed by atoms with Crippen molar-refractivity contribution in [2.24, 2.45) is 16.6 Å². The molecule has 1 aliphatic heterocycles. The van der Waals surface area contributed by atoms with Gasteiger partial charge < -0.3 is 5.73 Å². The molecule has 0 aliphatic carbocycles. The number of carbonyl (C=O) groups excluding carboxylic acids is 1. The summed E-state index contributed by atoms with van der Waals surface area (Å²) in [6.45, 7) is 5.58. The Morgan fingerprint density at radius 1 is 1.36 bits per heavy atom. The third-order valence-corrected chi connectivity index (χ3v) is 5.77. The van der Waals surface area contributed by atoms with E-state index in [1.165, 1.54) is 16.2 Å². The Morgan fingerprint density at radius 2 is 2.12 bits per heavy atom. The zero-order valence-electron chi connectivity index (χ0n) is 14.6. The number of amides is 1. The van der Waals surface area contributed by atoms with Crippen molar-refractivity contribution in [2.45, 2.75) is 26.3 Å². The van der Waals surface area contributed by atoms with Gasteiger partial charge in [-0.05, 0) is 19.9 Å². The van der Waals surface area contributed by atoms with E-state index < -0.39 is 5.54 Å². The lowest BCUT2D eigenvalue weighted by molar-refractivity contribution is -0.133. The van der Waals surface area contributed by atoms with Crippen LogP contribution in [0, 0.1) is 17.8 Å². The monoisotopic (exact) mass is 353 g/mol. The van der Waals surface area contributed by atoms with E-state index in [1.54, 1.807) is 32.6 Å². The number of carbonyl (C=O) groups is 1. The summed E-state index contributed by atoms with van der Waals surface area (Å²) in [6, 6.07) is 1.95. The Morgan fingerprint density at radius 3 is 2.84 bits per heavy atom. The van der Waals surface area contributed by atoms with Crippen molar-refractivity contribution in [1.29, 1.82) is 0 Å². The first-order valence-electron chi connectivity index (χ1n) is 7.84. The number of hydrogen-bond donors (Lipinski definition) is 1. The lowest BCUT2D eigenvalue weighted by Gasteiger charge is -2.37. The molecule has 0 aromatic carbocycles. The zero-order valence-corrected chi connectivity index (χ0v) is 15.4. The van der Waals surface area contributed by atoms with Crippen LogP contribution in [0.5, 0.6) is 0 Å². The number of nitrogens with two attached hydrogens (primary N) is 1. The molecule has 2 aromatic heterocycles. The molecule has 0 saturated heterocycles. The number of rotatable bonds is 2. The van der Waals surface area contributed by atoms with E-state index in [-0.39, 0.29) is 17.8 Å². The molecular weight excluding hydrogens is 334 g/mol. The van der Waals surface area contributed by atoms with Crippen LogP contribution in [-0.4, -0.2) is 33.8 Å². The number of thiazole rings is 1. The Kier molecular flexibility index (Phi) is 4.31. The SMILES string of the molecule is CC#Cc1cncc(-c2ncc([C@@]3(C)N=C(N)N(C)C(=O)C3C)s2)c1. The fourth-order valence-electron chi connectivity index (χ4n) is 2.73. The topological polar surface area (TPSA) is 84.5 Å². The fraction of sp³-hybridized carbons (Fsp3) is 0.333. The smallest absolute Gasteiger partial charge is 0.234 e. The summed E-state index contributed by atoms with van der Waals surface area (Å²) in [5, 5.41) is 0.816. The first-order chi connectivity index (χ1) is 11.9. The molecule has 0 bridgehead atoms. The van der Waals surface area contributed by atoms with Crippen LogP contribution in [0.3, 0.4) is 0 Å². The summed E-state index contributed by atoms with van der Waals surface area (Å²) in [4.78, 5) is 28.0. The molecule has 2 aromatic rings. The highest BCUT2D eigenvalue weighted by Crippen LogP contribution is 2.41. The third-order valence-electron chi connectivity index (χ3n) is 4.49. The Bertz CT molecular complexity index is 923. The Labute approximate surface area is 150 Å². The third kappa shape index (κ3) is 2.89. The maximum Gasteiger partial charge on any atom is 0.234 e. The van der Waals surface area contributed by atoms with Gasteiger partial charge in [0.2, 0.25) is 5.91 Å². The minimum Gasteiger partial charge on any atom is -0.369 e. The average Bonchev–Trinajstić information content (AvgIpc) is 3.10. The van der Waals surface area contributed by atoms with E-state index in [2.05, 4.69) is 26.8 Å². The second-order valence-corrected chi connectivity index (χ2v) is 7.13. The molecule has 25 heavy (non-hydrogen) atoms. The lowest BCUT2D eigenvalue weighted by Crippen LogP contribution is -2.52. The summed E-state index contributed by atoms with van der Waals surface area (Å²) in [6.07, 6.45) is 5.25. The highest BCUT2D eigenvalue weighted by atomic mass is 32.1. The molecule has 128 valence electrons. The maximum atomic E-state index is 12.4. The summed E-state index contributed by atoms with van der Waals surface area (Å²) < 4.78 is 0. The number of hydrogen-bond acceptors (Lipinski definition) is 6.